The van der Waals surface area contributed by atoms with E-state index < -0.39 is 35.1 Å². The second-order valence-electron chi connectivity index (χ2n) is 11.4. The number of fused-ring (bicyclic) bond motifs is 1. The standard InChI is InChI=1S/C24H38F6O3/c1-19(2,32)11-6-12-20(3,13-7-15-22(33,23(25,26)27)24(28,29)30)18-10-9-16-17(31)8-5-14-21(16,18)4/h7,15-18,31-33H,5-6,8-14H2,1-4H3/b15-7+/t16?,17-,18?,20+,21-/m0/s1. The zero-order valence-corrected chi connectivity index (χ0v) is 19.9. The molecule has 2 saturated carbocycles. The molecule has 5 atom stereocenters. The van der Waals surface area contributed by atoms with Crippen LogP contribution in [0.5, 0.6) is 0 Å². The van der Waals surface area contributed by atoms with Gasteiger partial charge in [0.05, 0.1) is 11.7 Å². The number of halogens is 6. The van der Waals surface area contributed by atoms with Crippen LogP contribution in [0, 0.1) is 22.7 Å². The summed E-state index contributed by atoms with van der Waals surface area (Å²) >= 11 is 0. The molecular weight excluding hydrogens is 450 g/mol. The molecule has 0 aromatic rings. The molecule has 194 valence electrons. The van der Waals surface area contributed by atoms with Crippen molar-refractivity contribution in [2.75, 3.05) is 0 Å². The largest absolute Gasteiger partial charge is 0.429 e. The van der Waals surface area contributed by atoms with Gasteiger partial charge in [-0.05, 0) is 87.5 Å². The highest BCUT2D eigenvalue weighted by Crippen LogP contribution is 2.62. The van der Waals surface area contributed by atoms with E-state index in [-0.39, 0.29) is 29.7 Å². The van der Waals surface area contributed by atoms with Crippen LogP contribution >= 0.6 is 0 Å². The normalized spacial score (nSPS) is 31.6. The number of aliphatic hydroxyl groups excluding tert-OH is 1. The summed E-state index contributed by atoms with van der Waals surface area (Å²) in [5, 5.41) is 30.1. The Morgan fingerprint density at radius 2 is 1.48 bits per heavy atom. The van der Waals surface area contributed by atoms with Crippen LogP contribution in [0.3, 0.4) is 0 Å². The van der Waals surface area contributed by atoms with Crippen LogP contribution < -0.4 is 0 Å². The molecule has 2 aliphatic carbocycles. The zero-order chi connectivity index (χ0) is 25.5. The zero-order valence-electron chi connectivity index (χ0n) is 19.9. The van der Waals surface area contributed by atoms with E-state index in [9.17, 15) is 41.7 Å². The number of hydrogen-bond donors (Lipinski definition) is 3. The third-order valence-electron chi connectivity index (χ3n) is 8.27. The highest BCUT2D eigenvalue weighted by Gasteiger charge is 2.69. The average Bonchev–Trinajstić information content (AvgIpc) is 2.97. The highest BCUT2D eigenvalue weighted by atomic mass is 19.4. The molecule has 2 unspecified atom stereocenters. The van der Waals surface area contributed by atoms with Crippen molar-refractivity contribution in [2.45, 2.75) is 115 Å². The molecule has 3 N–H and O–H groups in total. The van der Waals surface area contributed by atoms with Gasteiger partial charge in [0.2, 0.25) is 0 Å². The fourth-order valence-electron chi connectivity index (χ4n) is 6.49. The van der Waals surface area contributed by atoms with Crippen molar-refractivity contribution in [3.05, 3.63) is 12.2 Å². The Morgan fingerprint density at radius 1 is 0.909 bits per heavy atom. The number of allylic oxidation sites excluding steroid dienone is 1. The Hall–Kier alpha value is -0.800. The Kier molecular flexibility index (Phi) is 8.05. The van der Waals surface area contributed by atoms with Crippen LogP contribution in [0.2, 0.25) is 0 Å². The summed E-state index contributed by atoms with van der Waals surface area (Å²) in [4.78, 5) is 0. The second-order valence-corrected chi connectivity index (χ2v) is 11.4. The average molecular weight is 489 g/mol. The van der Waals surface area contributed by atoms with Crippen molar-refractivity contribution in [3.8, 4) is 0 Å². The van der Waals surface area contributed by atoms with E-state index in [1.54, 1.807) is 13.8 Å². The van der Waals surface area contributed by atoms with Gasteiger partial charge in [0.15, 0.2) is 0 Å². The molecule has 0 aliphatic heterocycles. The Bertz CT molecular complexity index is 682. The van der Waals surface area contributed by atoms with E-state index in [2.05, 4.69) is 6.92 Å². The monoisotopic (exact) mass is 488 g/mol. The van der Waals surface area contributed by atoms with E-state index >= 15 is 0 Å². The van der Waals surface area contributed by atoms with Gasteiger partial charge in [0.1, 0.15) is 0 Å². The Labute approximate surface area is 192 Å². The first-order valence-electron chi connectivity index (χ1n) is 11.7. The predicted octanol–water partition coefficient (Wildman–Crippen LogP) is 6.31. The van der Waals surface area contributed by atoms with Gasteiger partial charge in [0, 0.05) is 0 Å². The molecule has 2 rings (SSSR count). The summed E-state index contributed by atoms with van der Waals surface area (Å²) in [6.07, 6.45) is -6.29. The summed E-state index contributed by atoms with van der Waals surface area (Å²) in [6, 6.07) is 0. The first-order chi connectivity index (χ1) is 14.8. The lowest BCUT2D eigenvalue weighted by molar-refractivity contribution is -0.347. The fourth-order valence-corrected chi connectivity index (χ4v) is 6.49. The maximum atomic E-state index is 13.1. The van der Waals surface area contributed by atoms with Crippen LogP contribution in [0.4, 0.5) is 26.3 Å². The molecule has 0 amide bonds. The van der Waals surface area contributed by atoms with E-state index in [0.717, 1.165) is 31.8 Å². The van der Waals surface area contributed by atoms with E-state index in [1.165, 1.54) is 0 Å². The first kappa shape index (κ1) is 28.4. The molecule has 0 heterocycles. The van der Waals surface area contributed by atoms with Crippen molar-refractivity contribution in [1.82, 2.24) is 0 Å². The smallest absolute Gasteiger partial charge is 0.393 e. The fraction of sp³-hybridized carbons (Fsp3) is 0.917. The Morgan fingerprint density at radius 3 is 2.00 bits per heavy atom. The summed E-state index contributed by atoms with van der Waals surface area (Å²) in [5.74, 6) is 0.0393. The van der Waals surface area contributed by atoms with Crippen molar-refractivity contribution < 1.29 is 41.7 Å². The molecule has 0 aromatic carbocycles. The van der Waals surface area contributed by atoms with E-state index in [0.29, 0.717) is 25.7 Å². The maximum Gasteiger partial charge on any atom is 0.429 e. The van der Waals surface area contributed by atoms with Crippen molar-refractivity contribution in [2.24, 2.45) is 22.7 Å². The topological polar surface area (TPSA) is 60.7 Å². The van der Waals surface area contributed by atoms with Crippen LogP contribution in [0.25, 0.3) is 0 Å². The number of rotatable bonds is 8. The van der Waals surface area contributed by atoms with Gasteiger partial charge >= 0.3 is 12.4 Å². The van der Waals surface area contributed by atoms with Gasteiger partial charge in [-0.2, -0.15) is 26.3 Å². The van der Waals surface area contributed by atoms with Crippen LogP contribution in [0.15, 0.2) is 12.2 Å². The number of alkyl halides is 6. The number of hydrogen-bond acceptors (Lipinski definition) is 3. The summed E-state index contributed by atoms with van der Waals surface area (Å²) in [6.45, 7) is 7.27. The lowest BCUT2D eigenvalue weighted by atomic mass is 9.56. The minimum atomic E-state index is -5.89. The minimum Gasteiger partial charge on any atom is -0.393 e. The highest BCUT2D eigenvalue weighted by molar-refractivity contribution is 5.13. The summed E-state index contributed by atoms with van der Waals surface area (Å²) in [7, 11) is 0. The van der Waals surface area contributed by atoms with Crippen LogP contribution in [0.1, 0.15) is 85.5 Å². The molecule has 0 radical (unpaired) electrons. The maximum absolute atomic E-state index is 13.1. The minimum absolute atomic E-state index is 0.0127. The second kappa shape index (κ2) is 9.34. The van der Waals surface area contributed by atoms with Crippen LogP contribution in [-0.4, -0.2) is 45.0 Å². The van der Waals surface area contributed by atoms with Gasteiger partial charge in [-0.1, -0.05) is 32.8 Å². The van der Waals surface area contributed by atoms with Crippen molar-refractivity contribution in [3.63, 3.8) is 0 Å². The molecule has 2 fully saturated rings. The molecule has 2 aliphatic rings. The molecule has 0 bridgehead atoms. The molecule has 33 heavy (non-hydrogen) atoms. The van der Waals surface area contributed by atoms with Gasteiger partial charge in [0.25, 0.3) is 5.60 Å². The number of aliphatic hydroxyl groups is 3. The van der Waals surface area contributed by atoms with Gasteiger partial charge in [-0.3, -0.25) is 0 Å². The van der Waals surface area contributed by atoms with E-state index in [1.807, 2.05) is 6.92 Å². The molecular formula is C24H38F6O3. The first-order valence-corrected chi connectivity index (χ1v) is 11.7. The van der Waals surface area contributed by atoms with Gasteiger partial charge in [-0.25, -0.2) is 0 Å². The molecule has 0 saturated heterocycles. The van der Waals surface area contributed by atoms with Crippen molar-refractivity contribution >= 4 is 0 Å². The lowest BCUT2D eigenvalue weighted by Crippen LogP contribution is -2.55. The molecule has 0 spiro atoms. The SMILES string of the molecule is CC(C)(O)CCC[C@](C)(C/C=C/C(O)(C(F)(F)F)C(F)(F)F)C1CCC2[C@@H](O)CCC[C@@]21C. The van der Waals surface area contributed by atoms with Crippen molar-refractivity contribution in [1.29, 1.82) is 0 Å². The predicted molar refractivity (Wildman–Crippen MR) is 113 cm³/mol. The molecule has 0 aromatic heterocycles. The molecule has 9 heteroatoms. The lowest BCUT2D eigenvalue weighted by Gasteiger charge is -2.50. The summed E-state index contributed by atoms with van der Waals surface area (Å²) in [5.41, 5.74) is -6.76. The van der Waals surface area contributed by atoms with Gasteiger partial charge in [-0.15, -0.1) is 0 Å². The third kappa shape index (κ3) is 5.89. The summed E-state index contributed by atoms with van der Waals surface area (Å²) < 4.78 is 78.6. The van der Waals surface area contributed by atoms with Crippen LogP contribution in [-0.2, 0) is 0 Å². The van der Waals surface area contributed by atoms with E-state index in [4.69, 9.17) is 0 Å². The quantitative estimate of drug-likeness (QED) is 0.277. The Balaban J connectivity index is 2.35. The van der Waals surface area contributed by atoms with Gasteiger partial charge < -0.3 is 15.3 Å². The molecule has 3 nitrogen and oxygen atoms in total. The third-order valence-corrected chi connectivity index (χ3v) is 8.27.